The van der Waals surface area contributed by atoms with Crippen molar-refractivity contribution >= 4 is 51.0 Å². The molecule has 1 aromatic carbocycles. The smallest absolute Gasteiger partial charge is 0.265 e. The largest absolute Gasteiger partial charge is 0.611 e. The zero-order chi connectivity index (χ0) is 18.9. The molecule has 2 aromatic rings. The molecule has 0 bridgehead atoms. The molecule has 0 spiro atoms. The lowest BCUT2D eigenvalue weighted by molar-refractivity contribution is 0.103. The van der Waals surface area contributed by atoms with Gasteiger partial charge in [-0.25, -0.2) is 4.39 Å². The number of hydrogen-bond donors (Lipinski definition) is 2. The first-order chi connectivity index (χ1) is 12.3. The summed E-state index contributed by atoms with van der Waals surface area (Å²) in [6.45, 7) is 1.84. The molecule has 2 heterocycles. The second-order valence-corrected chi connectivity index (χ2v) is 9.85. The van der Waals surface area contributed by atoms with Crippen molar-refractivity contribution in [3.8, 4) is 0 Å². The van der Waals surface area contributed by atoms with Gasteiger partial charge in [-0.15, -0.1) is 0 Å². The molecule has 0 saturated heterocycles. The van der Waals surface area contributed by atoms with Crippen LogP contribution in [0.25, 0.3) is 0 Å². The van der Waals surface area contributed by atoms with Gasteiger partial charge in [0.2, 0.25) is 4.21 Å². The number of hydrogen-bond acceptors (Lipinski definition) is 6. The topological polar surface area (TPSA) is 90.5 Å². The molecule has 3 N–H and O–H groups in total. The Bertz CT molecular complexity index is 869. The second-order valence-electron chi connectivity index (χ2n) is 6.04. The van der Waals surface area contributed by atoms with E-state index in [1.165, 1.54) is 35.2 Å². The third-order valence-corrected chi connectivity index (χ3v) is 7.42. The minimum Gasteiger partial charge on any atom is -0.611 e. The molecule has 0 radical (unpaired) electrons. The fourth-order valence-electron chi connectivity index (χ4n) is 2.69. The van der Waals surface area contributed by atoms with Gasteiger partial charge in [0.25, 0.3) is 5.91 Å². The van der Waals surface area contributed by atoms with Gasteiger partial charge in [-0.3, -0.25) is 9.79 Å². The number of amides is 1. The number of thioether (sulfide) groups is 1. The summed E-state index contributed by atoms with van der Waals surface area (Å²) in [6, 6.07) is 7.74. The molecule has 1 aliphatic heterocycles. The van der Waals surface area contributed by atoms with Crippen LogP contribution in [0.15, 0.2) is 39.5 Å². The Morgan fingerprint density at radius 3 is 2.85 bits per heavy atom. The molecule has 0 aliphatic carbocycles. The number of carbonyl (C=O) groups excluding carboxylic acids is 1. The highest BCUT2D eigenvalue weighted by molar-refractivity contribution is 8.13. The van der Waals surface area contributed by atoms with Crippen LogP contribution >= 0.6 is 23.1 Å². The number of nitrogens with zero attached hydrogens (tertiary/aromatic N) is 1. The molecule has 3 rings (SSSR count). The van der Waals surface area contributed by atoms with Crippen molar-refractivity contribution in [2.45, 2.75) is 23.1 Å². The summed E-state index contributed by atoms with van der Waals surface area (Å²) in [7, 11) is 0. The molecule has 26 heavy (non-hydrogen) atoms. The van der Waals surface area contributed by atoms with E-state index in [4.69, 9.17) is 5.73 Å². The standard InChI is InChI=1S/C17H18FN3O2S3/c1-17(7-8-24-16(19)21-17)11-9-10(3-4-12(11)18)20-15(22)13-5-6-14(25-13)26(2)23/h3-6,9H,7-8H2,1-2H3,(H2,19,21)(H,20,22)/t17-,26?/m0/s1. The zero-order valence-corrected chi connectivity index (χ0v) is 16.7. The van der Waals surface area contributed by atoms with Gasteiger partial charge in [0.15, 0.2) is 5.17 Å². The Hall–Kier alpha value is -1.55. The Labute approximate surface area is 162 Å². The fourth-order valence-corrected chi connectivity index (χ4v) is 5.29. The Morgan fingerprint density at radius 2 is 2.19 bits per heavy atom. The van der Waals surface area contributed by atoms with Gasteiger partial charge in [0.05, 0.1) is 10.4 Å². The molecular weight excluding hydrogens is 393 g/mol. The molecule has 1 unspecified atom stereocenters. The maximum absolute atomic E-state index is 14.4. The Morgan fingerprint density at radius 1 is 1.42 bits per heavy atom. The van der Waals surface area contributed by atoms with Crippen molar-refractivity contribution in [2.75, 3.05) is 17.3 Å². The summed E-state index contributed by atoms with van der Waals surface area (Å²) in [4.78, 5) is 17.3. The fraction of sp³-hybridized carbons (Fsp3) is 0.294. The number of halogens is 1. The van der Waals surface area contributed by atoms with E-state index < -0.39 is 16.7 Å². The highest BCUT2D eigenvalue weighted by Gasteiger charge is 2.32. The first-order valence-corrected chi connectivity index (χ1v) is 11.2. The molecular formula is C17H18FN3O2S3. The quantitative estimate of drug-likeness (QED) is 0.753. The van der Waals surface area contributed by atoms with Crippen molar-refractivity contribution in [3.63, 3.8) is 0 Å². The van der Waals surface area contributed by atoms with E-state index in [-0.39, 0.29) is 11.7 Å². The van der Waals surface area contributed by atoms with Gasteiger partial charge in [-0.1, -0.05) is 23.1 Å². The van der Waals surface area contributed by atoms with E-state index in [1.54, 1.807) is 24.5 Å². The van der Waals surface area contributed by atoms with Crippen LogP contribution in [0.1, 0.15) is 28.6 Å². The number of thiophene rings is 1. The number of nitrogens with one attached hydrogen (secondary N) is 1. The Kier molecular flexibility index (Phi) is 5.61. The third-order valence-electron chi connectivity index (χ3n) is 4.09. The maximum Gasteiger partial charge on any atom is 0.265 e. The van der Waals surface area contributed by atoms with Gasteiger partial charge in [-0.2, -0.15) is 0 Å². The van der Waals surface area contributed by atoms with Crippen molar-refractivity contribution in [1.29, 1.82) is 0 Å². The molecule has 0 fully saturated rings. The molecule has 1 aromatic heterocycles. The van der Waals surface area contributed by atoms with E-state index in [9.17, 15) is 13.7 Å². The number of carbonyl (C=O) groups is 1. The lowest BCUT2D eigenvalue weighted by Crippen LogP contribution is -2.29. The maximum atomic E-state index is 14.4. The van der Waals surface area contributed by atoms with Crippen molar-refractivity contribution in [3.05, 3.63) is 46.6 Å². The van der Waals surface area contributed by atoms with Gasteiger partial charge in [0, 0.05) is 23.1 Å². The second kappa shape index (κ2) is 7.59. The molecule has 138 valence electrons. The first kappa shape index (κ1) is 19.2. The minimum atomic E-state index is -1.13. The molecule has 1 aliphatic rings. The van der Waals surface area contributed by atoms with Gasteiger partial charge in [-0.05, 0) is 48.8 Å². The van der Waals surface area contributed by atoms with Crippen molar-refractivity contribution in [1.82, 2.24) is 0 Å². The average Bonchev–Trinajstić information content (AvgIpc) is 3.07. The van der Waals surface area contributed by atoms with Crippen LogP contribution in [0.3, 0.4) is 0 Å². The lowest BCUT2D eigenvalue weighted by atomic mass is 9.89. The van der Waals surface area contributed by atoms with Crippen LogP contribution in [0.2, 0.25) is 0 Å². The monoisotopic (exact) mass is 411 g/mol. The Balaban J connectivity index is 1.85. The number of anilines is 1. The number of rotatable bonds is 4. The molecule has 1 amide bonds. The summed E-state index contributed by atoms with van der Waals surface area (Å²) < 4.78 is 26.5. The van der Waals surface area contributed by atoms with Gasteiger partial charge < -0.3 is 15.6 Å². The number of benzene rings is 1. The van der Waals surface area contributed by atoms with Crippen molar-refractivity contribution in [2.24, 2.45) is 10.7 Å². The predicted molar refractivity (Wildman–Crippen MR) is 107 cm³/mol. The molecule has 2 atom stereocenters. The molecule has 9 heteroatoms. The highest BCUT2D eigenvalue weighted by atomic mass is 32.2. The average molecular weight is 412 g/mol. The van der Waals surface area contributed by atoms with Crippen LogP contribution in [-0.4, -0.2) is 27.6 Å². The summed E-state index contributed by atoms with van der Waals surface area (Å²) in [6.07, 6.45) is 2.22. The van der Waals surface area contributed by atoms with Crippen LogP contribution in [0.5, 0.6) is 0 Å². The summed E-state index contributed by atoms with van der Waals surface area (Å²) in [5.74, 6) is 0.0546. The zero-order valence-electron chi connectivity index (χ0n) is 14.2. The van der Waals surface area contributed by atoms with Crippen LogP contribution in [-0.2, 0) is 16.7 Å². The predicted octanol–water partition coefficient (Wildman–Crippen LogP) is 3.54. The summed E-state index contributed by atoms with van der Waals surface area (Å²) in [5.41, 5.74) is 5.94. The van der Waals surface area contributed by atoms with Crippen LogP contribution < -0.4 is 11.1 Å². The first-order valence-electron chi connectivity index (χ1n) is 7.81. The normalized spacial score (nSPS) is 21.2. The lowest BCUT2D eigenvalue weighted by Gasteiger charge is -2.30. The van der Waals surface area contributed by atoms with E-state index in [0.29, 0.717) is 31.9 Å². The summed E-state index contributed by atoms with van der Waals surface area (Å²) >= 11 is 1.50. The summed E-state index contributed by atoms with van der Waals surface area (Å²) in [5, 5.41) is 3.20. The number of nitrogens with two attached hydrogens (primary N) is 1. The minimum absolute atomic E-state index is 0.323. The molecule has 5 nitrogen and oxygen atoms in total. The van der Waals surface area contributed by atoms with Crippen molar-refractivity contribution < 1.29 is 13.7 Å². The van der Waals surface area contributed by atoms with Gasteiger partial charge >= 0.3 is 0 Å². The van der Waals surface area contributed by atoms with E-state index in [1.807, 2.05) is 6.92 Å². The van der Waals surface area contributed by atoms with Crippen LogP contribution in [0, 0.1) is 5.82 Å². The van der Waals surface area contributed by atoms with Crippen LogP contribution in [0.4, 0.5) is 10.1 Å². The van der Waals surface area contributed by atoms with E-state index in [2.05, 4.69) is 10.3 Å². The van der Waals surface area contributed by atoms with E-state index in [0.717, 1.165) is 5.75 Å². The molecule has 0 saturated carbocycles. The highest BCUT2D eigenvalue weighted by Crippen LogP contribution is 2.37. The SMILES string of the molecule is C[S+]([O-])c1ccc(C(=O)Nc2ccc(F)c([C@]3(C)CCSC(N)=N3)c2)s1. The number of amidine groups is 1. The third kappa shape index (κ3) is 4.06. The number of aliphatic imine (C=N–C) groups is 1. The van der Waals surface area contributed by atoms with E-state index >= 15 is 0 Å². The van der Waals surface area contributed by atoms with Gasteiger partial charge in [0.1, 0.15) is 12.1 Å².